The number of nitrogens with one attached hydrogen (secondary N) is 1. The van der Waals surface area contributed by atoms with Crippen molar-refractivity contribution in [3.63, 3.8) is 0 Å². The Bertz CT molecular complexity index is 556. The Morgan fingerprint density at radius 1 is 1.05 bits per heavy atom. The Balaban J connectivity index is 1.52. The van der Waals surface area contributed by atoms with Gasteiger partial charge in [0.1, 0.15) is 0 Å². The Morgan fingerprint density at radius 2 is 1.80 bits per heavy atom. The maximum absolute atomic E-state index is 3.55. The SMILES string of the molecule is CC1CCN(CCNc2ccc3ccccc3c2)CC1. The molecule has 1 aliphatic heterocycles. The summed E-state index contributed by atoms with van der Waals surface area (Å²) in [7, 11) is 0. The quantitative estimate of drug-likeness (QED) is 0.902. The number of nitrogens with zero attached hydrogens (tertiary/aromatic N) is 1. The fourth-order valence-corrected chi connectivity index (χ4v) is 2.94. The maximum atomic E-state index is 3.55. The average Bonchev–Trinajstić information content (AvgIpc) is 2.49. The summed E-state index contributed by atoms with van der Waals surface area (Å²) in [5.41, 5.74) is 1.23. The van der Waals surface area contributed by atoms with Crippen LogP contribution in [0, 0.1) is 5.92 Å². The molecule has 106 valence electrons. The molecule has 0 amide bonds. The molecule has 0 aromatic heterocycles. The highest BCUT2D eigenvalue weighted by atomic mass is 15.1. The van der Waals surface area contributed by atoms with Crippen molar-refractivity contribution in [2.45, 2.75) is 19.8 Å². The summed E-state index contributed by atoms with van der Waals surface area (Å²) in [6.07, 6.45) is 2.71. The van der Waals surface area contributed by atoms with Crippen molar-refractivity contribution in [3.05, 3.63) is 42.5 Å². The summed E-state index contributed by atoms with van der Waals surface area (Å²) < 4.78 is 0. The topological polar surface area (TPSA) is 15.3 Å². The molecule has 0 spiro atoms. The van der Waals surface area contributed by atoms with E-state index in [1.54, 1.807) is 0 Å². The highest BCUT2D eigenvalue weighted by molar-refractivity contribution is 5.85. The van der Waals surface area contributed by atoms with Crippen molar-refractivity contribution < 1.29 is 0 Å². The largest absolute Gasteiger partial charge is 0.384 e. The van der Waals surface area contributed by atoms with E-state index in [4.69, 9.17) is 0 Å². The molecular formula is C18H24N2. The molecule has 0 unspecified atom stereocenters. The van der Waals surface area contributed by atoms with E-state index in [9.17, 15) is 0 Å². The third-order valence-electron chi connectivity index (χ3n) is 4.38. The Labute approximate surface area is 121 Å². The Kier molecular flexibility index (Phi) is 4.22. The summed E-state index contributed by atoms with van der Waals surface area (Å²) in [6.45, 7) is 7.08. The number of fused-ring (bicyclic) bond motifs is 1. The Hall–Kier alpha value is -1.54. The van der Waals surface area contributed by atoms with Crippen LogP contribution in [0.2, 0.25) is 0 Å². The summed E-state index contributed by atoms with van der Waals surface area (Å²) >= 11 is 0. The van der Waals surface area contributed by atoms with Crippen molar-refractivity contribution in [3.8, 4) is 0 Å². The van der Waals surface area contributed by atoms with Crippen LogP contribution in [0.25, 0.3) is 10.8 Å². The minimum atomic E-state index is 0.916. The first-order valence-corrected chi connectivity index (χ1v) is 7.76. The van der Waals surface area contributed by atoms with E-state index in [1.165, 1.54) is 42.4 Å². The molecule has 1 N–H and O–H groups in total. The summed E-state index contributed by atoms with van der Waals surface area (Å²) in [6, 6.07) is 15.1. The van der Waals surface area contributed by atoms with Crippen LogP contribution in [-0.2, 0) is 0 Å². The number of likely N-dealkylation sites (tertiary alicyclic amines) is 1. The van der Waals surface area contributed by atoms with E-state index in [1.807, 2.05) is 0 Å². The fourth-order valence-electron chi connectivity index (χ4n) is 2.94. The average molecular weight is 268 g/mol. The van der Waals surface area contributed by atoms with Crippen LogP contribution in [-0.4, -0.2) is 31.1 Å². The molecule has 2 heteroatoms. The molecule has 1 fully saturated rings. The van der Waals surface area contributed by atoms with Gasteiger partial charge in [-0.1, -0.05) is 37.3 Å². The van der Waals surface area contributed by atoms with Gasteiger partial charge in [0.05, 0.1) is 0 Å². The van der Waals surface area contributed by atoms with Gasteiger partial charge in [-0.2, -0.15) is 0 Å². The highest BCUT2D eigenvalue weighted by Crippen LogP contribution is 2.19. The van der Waals surface area contributed by atoms with Crippen LogP contribution in [0.1, 0.15) is 19.8 Å². The second-order valence-corrected chi connectivity index (χ2v) is 6.01. The van der Waals surface area contributed by atoms with Gasteiger partial charge in [-0.25, -0.2) is 0 Å². The molecule has 0 atom stereocenters. The van der Waals surface area contributed by atoms with Crippen LogP contribution in [0.15, 0.2) is 42.5 Å². The Morgan fingerprint density at radius 3 is 2.60 bits per heavy atom. The van der Waals surface area contributed by atoms with Gasteiger partial charge in [0.25, 0.3) is 0 Å². The minimum Gasteiger partial charge on any atom is -0.384 e. The first-order valence-electron chi connectivity index (χ1n) is 7.76. The molecule has 2 aromatic carbocycles. The molecule has 1 aliphatic rings. The van der Waals surface area contributed by atoms with E-state index in [2.05, 4.69) is 59.6 Å². The molecule has 0 bridgehead atoms. The first kappa shape index (κ1) is 13.4. The highest BCUT2D eigenvalue weighted by Gasteiger charge is 2.14. The van der Waals surface area contributed by atoms with E-state index >= 15 is 0 Å². The molecule has 2 nitrogen and oxygen atoms in total. The number of piperidine rings is 1. The second kappa shape index (κ2) is 6.27. The van der Waals surface area contributed by atoms with Crippen molar-refractivity contribution in [2.24, 2.45) is 5.92 Å². The smallest absolute Gasteiger partial charge is 0.0347 e. The molecular weight excluding hydrogens is 244 g/mol. The predicted octanol–water partition coefficient (Wildman–Crippen LogP) is 3.98. The molecule has 0 saturated carbocycles. The number of rotatable bonds is 4. The van der Waals surface area contributed by atoms with Gasteiger partial charge in [0.2, 0.25) is 0 Å². The molecule has 0 aliphatic carbocycles. The molecule has 1 heterocycles. The normalized spacial score (nSPS) is 17.4. The van der Waals surface area contributed by atoms with Gasteiger partial charge in [-0.15, -0.1) is 0 Å². The first-order chi connectivity index (χ1) is 9.81. The van der Waals surface area contributed by atoms with E-state index < -0.39 is 0 Å². The molecule has 0 radical (unpaired) electrons. The number of anilines is 1. The van der Waals surface area contributed by atoms with E-state index in [0.29, 0.717) is 0 Å². The van der Waals surface area contributed by atoms with Gasteiger partial charge in [-0.3, -0.25) is 0 Å². The number of benzene rings is 2. The lowest BCUT2D eigenvalue weighted by atomic mass is 9.99. The molecule has 2 aromatic rings. The maximum Gasteiger partial charge on any atom is 0.0347 e. The van der Waals surface area contributed by atoms with Crippen LogP contribution < -0.4 is 5.32 Å². The van der Waals surface area contributed by atoms with Gasteiger partial charge in [0, 0.05) is 18.8 Å². The van der Waals surface area contributed by atoms with Crippen LogP contribution in [0.4, 0.5) is 5.69 Å². The number of hydrogen-bond donors (Lipinski definition) is 1. The zero-order valence-corrected chi connectivity index (χ0v) is 12.3. The predicted molar refractivity (Wildman–Crippen MR) is 87.3 cm³/mol. The van der Waals surface area contributed by atoms with Gasteiger partial charge in [0.15, 0.2) is 0 Å². The van der Waals surface area contributed by atoms with Gasteiger partial charge >= 0.3 is 0 Å². The third kappa shape index (κ3) is 3.31. The molecule has 3 rings (SSSR count). The lowest BCUT2D eigenvalue weighted by Crippen LogP contribution is -2.36. The number of hydrogen-bond acceptors (Lipinski definition) is 2. The van der Waals surface area contributed by atoms with E-state index in [-0.39, 0.29) is 0 Å². The fraction of sp³-hybridized carbons (Fsp3) is 0.444. The van der Waals surface area contributed by atoms with Gasteiger partial charge < -0.3 is 10.2 Å². The minimum absolute atomic E-state index is 0.916. The third-order valence-corrected chi connectivity index (χ3v) is 4.38. The monoisotopic (exact) mass is 268 g/mol. The van der Waals surface area contributed by atoms with Gasteiger partial charge in [-0.05, 0) is 54.8 Å². The lowest BCUT2D eigenvalue weighted by Gasteiger charge is -2.30. The zero-order chi connectivity index (χ0) is 13.8. The zero-order valence-electron chi connectivity index (χ0n) is 12.3. The standard InChI is InChI=1S/C18H24N2/c1-15-8-11-20(12-9-15)13-10-19-18-7-6-16-4-2-3-5-17(16)14-18/h2-7,14-15,19H,8-13H2,1H3. The summed E-state index contributed by atoms with van der Waals surface area (Å²) in [4.78, 5) is 2.58. The van der Waals surface area contributed by atoms with Crippen molar-refractivity contribution >= 4 is 16.5 Å². The second-order valence-electron chi connectivity index (χ2n) is 6.01. The summed E-state index contributed by atoms with van der Waals surface area (Å²) in [5, 5.41) is 6.17. The van der Waals surface area contributed by atoms with Crippen molar-refractivity contribution in [2.75, 3.05) is 31.5 Å². The lowest BCUT2D eigenvalue weighted by molar-refractivity contribution is 0.199. The van der Waals surface area contributed by atoms with E-state index in [0.717, 1.165) is 19.0 Å². The van der Waals surface area contributed by atoms with Crippen LogP contribution in [0.5, 0.6) is 0 Å². The van der Waals surface area contributed by atoms with Crippen molar-refractivity contribution in [1.82, 2.24) is 4.90 Å². The molecule has 1 saturated heterocycles. The van der Waals surface area contributed by atoms with Crippen molar-refractivity contribution in [1.29, 1.82) is 0 Å². The summed E-state index contributed by atoms with van der Waals surface area (Å²) in [5.74, 6) is 0.916. The molecule has 20 heavy (non-hydrogen) atoms. The van der Waals surface area contributed by atoms with Crippen LogP contribution >= 0.6 is 0 Å². The van der Waals surface area contributed by atoms with Crippen LogP contribution in [0.3, 0.4) is 0 Å².